The van der Waals surface area contributed by atoms with Crippen LogP contribution in [0.15, 0.2) is 194 Å². The average Bonchev–Trinajstić information content (AvgIpc) is 3.62. The lowest BCUT2D eigenvalue weighted by Crippen LogP contribution is -2.47. The second kappa shape index (κ2) is 13.8. The molecule has 4 aliphatic rings. The van der Waals surface area contributed by atoms with E-state index in [-0.39, 0.29) is 12.0 Å². The summed E-state index contributed by atoms with van der Waals surface area (Å²) in [5.41, 5.74) is 14.5. The van der Waals surface area contributed by atoms with Gasteiger partial charge in [0.2, 0.25) is 0 Å². The first kappa shape index (κ1) is 34.5. The fraction of sp³-hybridized carbons (Fsp3) is 0.0909. The number of fused-ring (bicyclic) bond motifs is 10. The molecule has 0 saturated carbocycles. The Morgan fingerprint density at radius 1 is 0.567 bits per heavy atom. The van der Waals surface area contributed by atoms with E-state index in [0.29, 0.717) is 17.5 Å². The molecule has 1 spiro atoms. The Kier molecular flexibility index (Phi) is 7.95. The maximum Gasteiger partial charge on any atom is 0.164 e. The quantitative estimate of drug-likeness (QED) is 0.174. The number of aromatic nitrogens is 4. The van der Waals surface area contributed by atoms with Gasteiger partial charge in [0, 0.05) is 39.8 Å². The van der Waals surface area contributed by atoms with Gasteiger partial charge >= 0.3 is 0 Å². The molecule has 6 aromatic carbocycles. The number of ether oxygens (including phenoxy) is 1. The van der Waals surface area contributed by atoms with Crippen molar-refractivity contribution in [3.63, 3.8) is 0 Å². The van der Waals surface area contributed by atoms with E-state index in [1.165, 1.54) is 27.8 Å². The van der Waals surface area contributed by atoms with Gasteiger partial charge in [0.1, 0.15) is 11.9 Å². The molecule has 3 aliphatic carbocycles. The monoisotopic (exact) mass is 770 g/mol. The highest BCUT2D eigenvalue weighted by atomic mass is 16.5. The zero-order valence-corrected chi connectivity index (χ0v) is 32.7. The number of nitrogens with zero attached hydrogens (tertiary/aromatic N) is 4. The summed E-state index contributed by atoms with van der Waals surface area (Å²) in [7, 11) is 0. The van der Waals surface area contributed by atoms with Crippen molar-refractivity contribution in [2.24, 2.45) is 5.92 Å². The van der Waals surface area contributed by atoms with Crippen LogP contribution in [0, 0.1) is 5.92 Å². The lowest BCUT2D eigenvalue weighted by Gasteiger charge is -2.47. The Morgan fingerprint density at radius 3 is 2.03 bits per heavy atom. The van der Waals surface area contributed by atoms with Crippen molar-refractivity contribution in [3.8, 4) is 50.8 Å². The van der Waals surface area contributed by atoms with Crippen molar-refractivity contribution in [2.45, 2.75) is 24.4 Å². The van der Waals surface area contributed by atoms with E-state index in [2.05, 4.69) is 182 Å². The van der Waals surface area contributed by atoms with Crippen molar-refractivity contribution >= 4 is 22.0 Å². The summed E-state index contributed by atoms with van der Waals surface area (Å²) in [6, 6.07) is 54.0. The smallest absolute Gasteiger partial charge is 0.164 e. The van der Waals surface area contributed by atoms with Crippen LogP contribution >= 0.6 is 0 Å². The predicted octanol–water partition coefficient (Wildman–Crippen LogP) is 12.5. The van der Waals surface area contributed by atoms with Crippen LogP contribution in [-0.2, 0) is 5.41 Å². The topological polar surface area (TPSA) is 60.8 Å². The van der Waals surface area contributed by atoms with Gasteiger partial charge in [-0.1, -0.05) is 164 Å². The molecule has 12 rings (SSSR count). The maximum atomic E-state index is 6.84. The summed E-state index contributed by atoms with van der Waals surface area (Å²) in [6.45, 7) is 0. The highest BCUT2D eigenvalue weighted by Gasteiger charge is 2.56. The van der Waals surface area contributed by atoms with Crippen LogP contribution in [0.4, 0.5) is 0 Å². The van der Waals surface area contributed by atoms with E-state index in [9.17, 15) is 0 Å². The molecule has 2 atom stereocenters. The van der Waals surface area contributed by atoms with Crippen molar-refractivity contribution in [3.05, 3.63) is 222 Å². The van der Waals surface area contributed by atoms with E-state index in [4.69, 9.17) is 24.7 Å². The molecule has 5 nitrogen and oxygen atoms in total. The van der Waals surface area contributed by atoms with Crippen molar-refractivity contribution in [1.82, 2.24) is 19.9 Å². The molecule has 0 fully saturated rings. The molecule has 0 saturated heterocycles. The summed E-state index contributed by atoms with van der Waals surface area (Å²) in [6.07, 6.45) is 16.9. The van der Waals surface area contributed by atoms with Gasteiger partial charge in [0.15, 0.2) is 17.5 Å². The Bertz CT molecular complexity index is 3100. The number of para-hydroxylation sites is 2. The minimum Gasteiger partial charge on any atom is -0.485 e. The molecule has 0 bridgehead atoms. The fourth-order valence-electron chi connectivity index (χ4n) is 10.0. The summed E-state index contributed by atoms with van der Waals surface area (Å²) in [5.74, 6) is 2.97. The van der Waals surface area contributed by atoms with Crippen LogP contribution in [0.25, 0.3) is 67.1 Å². The Labute approximate surface area is 348 Å². The molecule has 3 heterocycles. The second-order valence-corrected chi connectivity index (χ2v) is 16.0. The normalized spacial score (nSPS) is 17.9. The van der Waals surface area contributed by atoms with Crippen molar-refractivity contribution in [1.29, 1.82) is 0 Å². The van der Waals surface area contributed by atoms with Crippen LogP contribution in [0.3, 0.4) is 0 Å². The van der Waals surface area contributed by atoms with Gasteiger partial charge < -0.3 is 4.74 Å². The highest BCUT2D eigenvalue weighted by Crippen LogP contribution is 2.62. The average molecular weight is 771 g/mol. The maximum absolute atomic E-state index is 6.84. The van der Waals surface area contributed by atoms with Gasteiger partial charge in [-0.3, -0.25) is 4.98 Å². The SMILES string of the molecule is C1=CCCC(c2nc(-c3ccc(-c4cccc5cccnc45)cc3)nc(-c3cccc(C4=CC5[C@@H](C=C4)Oc4ccccc4C54c5ccccc5-c5ccccc54)c3)n2)=C1. The van der Waals surface area contributed by atoms with Gasteiger partial charge in [0.25, 0.3) is 0 Å². The minimum atomic E-state index is -0.417. The second-order valence-electron chi connectivity index (χ2n) is 16.0. The largest absolute Gasteiger partial charge is 0.485 e. The van der Waals surface area contributed by atoms with E-state index in [1.54, 1.807) is 0 Å². The lowest BCUT2D eigenvalue weighted by molar-refractivity contribution is 0.142. The fourth-order valence-corrected chi connectivity index (χ4v) is 10.0. The van der Waals surface area contributed by atoms with Gasteiger partial charge in [0.05, 0.1) is 10.9 Å². The van der Waals surface area contributed by atoms with Crippen molar-refractivity contribution in [2.75, 3.05) is 0 Å². The van der Waals surface area contributed by atoms with Gasteiger partial charge in [-0.25, -0.2) is 15.0 Å². The predicted molar refractivity (Wildman–Crippen MR) is 241 cm³/mol. The molecule has 1 aliphatic heterocycles. The van der Waals surface area contributed by atoms with Gasteiger partial charge in [-0.15, -0.1) is 0 Å². The molecule has 284 valence electrons. The van der Waals surface area contributed by atoms with Crippen LogP contribution in [0.5, 0.6) is 5.75 Å². The lowest BCUT2D eigenvalue weighted by atomic mass is 9.59. The Morgan fingerprint density at radius 2 is 1.23 bits per heavy atom. The number of hydrogen-bond acceptors (Lipinski definition) is 5. The Hall–Kier alpha value is -7.50. The highest BCUT2D eigenvalue weighted by molar-refractivity contribution is 5.94. The number of hydrogen-bond donors (Lipinski definition) is 0. The molecular formula is C55H38N4O. The molecule has 0 radical (unpaired) electrons. The summed E-state index contributed by atoms with van der Waals surface area (Å²) >= 11 is 0. The molecule has 2 aromatic heterocycles. The Balaban J connectivity index is 0.961. The first-order valence-corrected chi connectivity index (χ1v) is 20.8. The summed E-state index contributed by atoms with van der Waals surface area (Å²) < 4.78 is 6.84. The molecule has 0 N–H and O–H groups in total. The van der Waals surface area contributed by atoms with Crippen LogP contribution in [0.1, 0.15) is 40.9 Å². The molecule has 0 amide bonds. The van der Waals surface area contributed by atoms with Crippen LogP contribution in [0.2, 0.25) is 0 Å². The molecule has 60 heavy (non-hydrogen) atoms. The van der Waals surface area contributed by atoms with Crippen LogP contribution in [-0.4, -0.2) is 26.0 Å². The zero-order valence-electron chi connectivity index (χ0n) is 32.7. The first-order chi connectivity index (χ1) is 29.7. The zero-order chi connectivity index (χ0) is 39.6. The number of allylic oxidation sites excluding steroid dienone is 6. The van der Waals surface area contributed by atoms with E-state index >= 15 is 0 Å². The third-order valence-electron chi connectivity index (χ3n) is 12.7. The molecule has 5 heteroatoms. The van der Waals surface area contributed by atoms with Crippen molar-refractivity contribution < 1.29 is 4.74 Å². The summed E-state index contributed by atoms with van der Waals surface area (Å²) in [4.78, 5) is 20.1. The third-order valence-corrected chi connectivity index (χ3v) is 12.7. The van der Waals surface area contributed by atoms with Crippen LogP contribution < -0.4 is 4.74 Å². The first-order valence-electron chi connectivity index (χ1n) is 20.8. The molecule has 1 unspecified atom stereocenters. The molecule has 8 aromatic rings. The van der Waals surface area contributed by atoms with E-state index in [1.807, 2.05) is 12.3 Å². The number of benzene rings is 6. The van der Waals surface area contributed by atoms with Gasteiger partial charge in [-0.2, -0.15) is 0 Å². The number of rotatable bonds is 5. The van der Waals surface area contributed by atoms with E-state index in [0.717, 1.165) is 68.5 Å². The summed E-state index contributed by atoms with van der Waals surface area (Å²) in [5, 5.41) is 1.12. The standard InChI is InChI=1S/C55H38N4O/c1-2-13-37(14-3-1)52-57-53(38-28-26-35(27-29-38)42-21-11-15-36-18-12-32-56-51(36)42)59-54(58-52)41-17-10-16-39(33-41)40-30-31-50-48(34-40)55(47-24-8-9-25-49(47)60-50)45-22-6-4-19-43(45)44-20-5-7-23-46(44)55/h1-2,4-13,15-34,48,50H,3,14H2/t48?,50-/m1/s1. The molecular weight excluding hydrogens is 733 g/mol. The minimum absolute atomic E-state index is 0.00941. The van der Waals surface area contributed by atoms with E-state index < -0.39 is 5.41 Å². The van der Waals surface area contributed by atoms with Gasteiger partial charge in [-0.05, 0) is 81.6 Å². The number of pyridine rings is 1. The third kappa shape index (κ3) is 5.39.